The van der Waals surface area contributed by atoms with Crippen LogP contribution in [0.3, 0.4) is 0 Å². The molecule has 2 heterocycles. The first-order valence-corrected chi connectivity index (χ1v) is 6.52. The maximum atomic E-state index is 8.77. The molecule has 0 amide bonds. The SMILES string of the molecule is N#Cc1ccc(-c2nc(C3CCCC3)no2)s1. The summed E-state index contributed by atoms with van der Waals surface area (Å²) in [6, 6.07) is 5.74. The minimum atomic E-state index is 0.461. The summed E-state index contributed by atoms with van der Waals surface area (Å²) >= 11 is 1.38. The van der Waals surface area contributed by atoms with Gasteiger partial charge in [-0.3, -0.25) is 0 Å². The van der Waals surface area contributed by atoms with Crippen LogP contribution in [0.15, 0.2) is 16.7 Å². The van der Waals surface area contributed by atoms with E-state index >= 15 is 0 Å². The molecule has 1 aliphatic rings. The largest absolute Gasteiger partial charge is 0.333 e. The normalized spacial score (nSPS) is 16.2. The number of nitrogens with zero attached hydrogens (tertiary/aromatic N) is 3. The minimum absolute atomic E-state index is 0.461. The average Bonchev–Trinajstić information content (AvgIpc) is 3.09. The van der Waals surface area contributed by atoms with E-state index in [2.05, 4.69) is 16.2 Å². The minimum Gasteiger partial charge on any atom is -0.333 e. The molecule has 0 atom stereocenters. The van der Waals surface area contributed by atoms with Crippen molar-refractivity contribution < 1.29 is 4.52 Å². The van der Waals surface area contributed by atoms with Crippen LogP contribution in [0, 0.1) is 11.3 Å². The highest BCUT2D eigenvalue weighted by molar-refractivity contribution is 7.15. The van der Waals surface area contributed by atoms with Gasteiger partial charge in [-0.25, -0.2) is 0 Å². The Morgan fingerprint density at radius 1 is 1.35 bits per heavy atom. The topological polar surface area (TPSA) is 62.7 Å². The molecule has 0 aromatic carbocycles. The van der Waals surface area contributed by atoms with Crippen molar-refractivity contribution >= 4 is 11.3 Å². The third-order valence-electron chi connectivity index (χ3n) is 3.09. The van der Waals surface area contributed by atoms with E-state index in [9.17, 15) is 0 Å². The van der Waals surface area contributed by atoms with Gasteiger partial charge in [0.05, 0.1) is 4.88 Å². The number of aromatic nitrogens is 2. The summed E-state index contributed by atoms with van der Waals surface area (Å²) in [5.74, 6) is 1.82. The molecule has 0 saturated heterocycles. The molecule has 1 saturated carbocycles. The monoisotopic (exact) mass is 245 g/mol. The van der Waals surface area contributed by atoms with Gasteiger partial charge in [-0.2, -0.15) is 10.2 Å². The van der Waals surface area contributed by atoms with Crippen LogP contribution >= 0.6 is 11.3 Å². The molecule has 1 aliphatic carbocycles. The first-order valence-electron chi connectivity index (χ1n) is 5.71. The Bertz CT molecular complexity index is 560. The van der Waals surface area contributed by atoms with Crippen LogP contribution in [0.4, 0.5) is 0 Å². The summed E-state index contributed by atoms with van der Waals surface area (Å²) in [5.41, 5.74) is 0. The highest BCUT2D eigenvalue weighted by atomic mass is 32.1. The molecule has 0 bridgehead atoms. The van der Waals surface area contributed by atoms with Gasteiger partial charge in [0.25, 0.3) is 5.89 Å². The van der Waals surface area contributed by atoms with E-state index in [1.807, 2.05) is 6.07 Å². The van der Waals surface area contributed by atoms with Crippen molar-refractivity contribution in [2.45, 2.75) is 31.6 Å². The molecule has 17 heavy (non-hydrogen) atoms. The van der Waals surface area contributed by atoms with Crippen molar-refractivity contribution in [1.29, 1.82) is 5.26 Å². The quantitative estimate of drug-likeness (QED) is 0.814. The van der Waals surface area contributed by atoms with Crippen molar-refractivity contribution in [3.63, 3.8) is 0 Å². The number of hydrogen-bond acceptors (Lipinski definition) is 5. The average molecular weight is 245 g/mol. The second-order valence-corrected chi connectivity index (χ2v) is 5.30. The van der Waals surface area contributed by atoms with Crippen LogP contribution in [-0.4, -0.2) is 10.1 Å². The highest BCUT2D eigenvalue weighted by Gasteiger charge is 2.23. The fraction of sp³-hybridized carbons (Fsp3) is 0.417. The summed E-state index contributed by atoms with van der Waals surface area (Å²) < 4.78 is 5.26. The van der Waals surface area contributed by atoms with Gasteiger partial charge in [0.15, 0.2) is 5.82 Å². The maximum Gasteiger partial charge on any atom is 0.268 e. The number of thiophene rings is 1. The molecule has 4 nitrogen and oxygen atoms in total. The molecule has 1 fully saturated rings. The van der Waals surface area contributed by atoms with Crippen molar-refractivity contribution in [1.82, 2.24) is 10.1 Å². The van der Waals surface area contributed by atoms with Gasteiger partial charge in [-0.15, -0.1) is 11.3 Å². The van der Waals surface area contributed by atoms with Gasteiger partial charge in [-0.05, 0) is 25.0 Å². The van der Waals surface area contributed by atoms with Crippen LogP contribution in [0.5, 0.6) is 0 Å². The molecule has 0 aliphatic heterocycles. The van der Waals surface area contributed by atoms with E-state index in [4.69, 9.17) is 9.78 Å². The van der Waals surface area contributed by atoms with E-state index in [0.717, 1.165) is 23.5 Å². The van der Waals surface area contributed by atoms with Crippen LogP contribution in [0.25, 0.3) is 10.8 Å². The molecule has 0 radical (unpaired) electrons. The van der Waals surface area contributed by atoms with Crippen molar-refractivity contribution in [3.8, 4) is 16.8 Å². The third-order valence-corrected chi connectivity index (χ3v) is 4.07. The van der Waals surface area contributed by atoms with Crippen molar-refractivity contribution in [2.24, 2.45) is 0 Å². The Morgan fingerprint density at radius 3 is 2.88 bits per heavy atom. The molecule has 2 aromatic rings. The van der Waals surface area contributed by atoms with Crippen LogP contribution < -0.4 is 0 Å². The van der Waals surface area contributed by atoms with Crippen LogP contribution in [0.1, 0.15) is 42.3 Å². The van der Waals surface area contributed by atoms with Gasteiger partial charge in [-0.1, -0.05) is 18.0 Å². The third kappa shape index (κ3) is 1.96. The summed E-state index contributed by atoms with van der Waals surface area (Å²) in [6.07, 6.45) is 4.83. The standard InChI is InChI=1S/C12H11N3OS/c13-7-9-5-6-10(17-9)12-14-11(15-16-12)8-3-1-2-4-8/h5-6,8H,1-4H2. The Labute approximate surface area is 103 Å². The number of hydrogen-bond donors (Lipinski definition) is 0. The van der Waals surface area contributed by atoms with E-state index in [-0.39, 0.29) is 0 Å². The predicted octanol–water partition coefficient (Wildman–Crippen LogP) is 3.33. The van der Waals surface area contributed by atoms with Gasteiger partial charge < -0.3 is 4.52 Å². The molecule has 5 heteroatoms. The van der Waals surface area contributed by atoms with Gasteiger partial charge in [0.1, 0.15) is 10.9 Å². The zero-order valence-corrected chi connectivity index (χ0v) is 10.0. The van der Waals surface area contributed by atoms with Crippen molar-refractivity contribution in [3.05, 3.63) is 22.8 Å². The second-order valence-electron chi connectivity index (χ2n) is 4.21. The molecule has 0 N–H and O–H groups in total. The molecular formula is C12H11N3OS. The van der Waals surface area contributed by atoms with Gasteiger partial charge >= 0.3 is 0 Å². The lowest BCUT2D eigenvalue weighted by molar-refractivity contribution is 0.416. The van der Waals surface area contributed by atoms with E-state index in [0.29, 0.717) is 16.7 Å². The molecule has 0 unspecified atom stereocenters. The Balaban J connectivity index is 1.86. The van der Waals surface area contributed by atoms with Gasteiger partial charge in [0, 0.05) is 5.92 Å². The number of rotatable bonds is 2. The molecule has 2 aromatic heterocycles. The summed E-state index contributed by atoms with van der Waals surface area (Å²) in [7, 11) is 0. The number of nitriles is 1. The first kappa shape index (κ1) is 10.5. The molecule has 86 valence electrons. The van der Waals surface area contributed by atoms with Crippen LogP contribution in [-0.2, 0) is 0 Å². The van der Waals surface area contributed by atoms with E-state index < -0.39 is 0 Å². The fourth-order valence-electron chi connectivity index (χ4n) is 2.20. The fourth-order valence-corrected chi connectivity index (χ4v) is 2.92. The lowest BCUT2D eigenvalue weighted by Crippen LogP contribution is -1.94. The Kier molecular flexibility index (Phi) is 2.65. The van der Waals surface area contributed by atoms with E-state index in [1.165, 1.54) is 24.2 Å². The summed E-state index contributed by atoms with van der Waals surface area (Å²) in [5, 5.41) is 12.8. The maximum absolute atomic E-state index is 8.77. The smallest absolute Gasteiger partial charge is 0.268 e. The summed E-state index contributed by atoms with van der Waals surface area (Å²) in [6.45, 7) is 0. The van der Waals surface area contributed by atoms with Crippen LogP contribution in [0.2, 0.25) is 0 Å². The Morgan fingerprint density at radius 2 is 2.18 bits per heavy atom. The van der Waals surface area contributed by atoms with Crippen molar-refractivity contribution in [2.75, 3.05) is 0 Å². The lowest BCUT2D eigenvalue weighted by Gasteiger charge is -1.99. The predicted molar refractivity (Wildman–Crippen MR) is 63.5 cm³/mol. The highest BCUT2D eigenvalue weighted by Crippen LogP contribution is 2.34. The zero-order chi connectivity index (χ0) is 11.7. The molecule has 0 spiro atoms. The molecule has 3 rings (SSSR count). The molecular weight excluding hydrogens is 234 g/mol. The second kappa shape index (κ2) is 4.30. The summed E-state index contributed by atoms with van der Waals surface area (Å²) in [4.78, 5) is 5.97. The van der Waals surface area contributed by atoms with Gasteiger partial charge in [0.2, 0.25) is 0 Å². The first-order chi connectivity index (χ1) is 8.36. The Hall–Kier alpha value is -1.67. The van der Waals surface area contributed by atoms with E-state index in [1.54, 1.807) is 6.07 Å². The zero-order valence-electron chi connectivity index (χ0n) is 9.22. The lowest BCUT2D eigenvalue weighted by atomic mass is 10.1.